The molecule has 0 aliphatic carbocycles. The lowest BCUT2D eigenvalue weighted by Gasteiger charge is -2.10. The Morgan fingerprint density at radius 1 is 1.23 bits per heavy atom. The molecule has 1 aromatic heterocycles. The molecule has 0 bridgehead atoms. The number of rotatable bonds is 6. The minimum atomic E-state index is -1.01. The monoisotopic (exact) mass is 417 g/mol. The number of ether oxygens (including phenoxy) is 1. The predicted octanol–water partition coefficient (Wildman–Crippen LogP) is 3.37. The van der Waals surface area contributed by atoms with Crippen LogP contribution in [0.1, 0.15) is 21.5 Å². The van der Waals surface area contributed by atoms with Gasteiger partial charge in [0.05, 0.1) is 18.4 Å². The highest BCUT2D eigenvalue weighted by atomic mass is 16.5. The third-order valence-electron chi connectivity index (χ3n) is 4.62. The average Bonchev–Trinajstić information content (AvgIpc) is 3.08. The molecule has 0 aliphatic heterocycles. The number of hydrogen-bond acceptors (Lipinski definition) is 5. The number of nitrogens with zero attached hydrogens (tertiary/aromatic N) is 2. The number of anilines is 1. The number of methoxy groups -OCH3 is 1. The van der Waals surface area contributed by atoms with E-state index in [1.165, 1.54) is 23.8 Å². The molecule has 0 radical (unpaired) electrons. The van der Waals surface area contributed by atoms with E-state index in [1.807, 2.05) is 6.07 Å². The molecule has 1 amide bonds. The Morgan fingerprint density at radius 2 is 1.97 bits per heavy atom. The van der Waals surface area contributed by atoms with Gasteiger partial charge in [-0.25, -0.2) is 4.79 Å². The first-order chi connectivity index (χ1) is 14.8. The van der Waals surface area contributed by atoms with E-state index in [0.29, 0.717) is 16.5 Å². The summed E-state index contributed by atoms with van der Waals surface area (Å²) in [6.45, 7) is 1.54. The van der Waals surface area contributed by atoms with Gasteiger partial charge in [0, 0.05) is 22.7 Å². The van der Waals surface area contributed by atoms with Crippen LogP contribution in [0.2, 0.25) is 0 Å². The van der Waals surface area contributed by atoms with Crippen molar-refractivity contribution < 1.29 is 24.2 Å². The van der Waals surface area contributed by atoms with Crippen LogP contribution in [0, 0.1) is 18.3 Å². The number of esters is 1. The molecule has 3 rings (SSSR count). The number of carboxylic acid groups (broad SMARTS) is 1. The lowest BCUT2D eigenvalue weighted by atomic mass is 10.1. The Kier molecular flexibility index (Phi) is 6.17. The van der Waals surface area contributed by atoms with E-state index in [9.17, 15) is 19.6 Å². The van der Waals surface area contributed by atoms with Crippen LogP contribution < -0.4 is 5.32 Å². The first-order valence-electron chi connectivity index (χ1n) is 9.25. The third-order valence-corrected chi connectivity index (χ3v) is 4.62. The second-order valence-corrected chi connectivity index (χ2v) is 6.79. The van der Waals surface area contributed by atoms with Crippen molar-refractivity contribution in [2.45, 2.75) is 13.5 Å². The van der Waals surface area contributed by atoms with Crippen LogP contribution in [0.5, 0.6) is 0 Å². The molecular weight excluding hydrogens is 398 g/mol. The Morgan fingerprint density at radius 3 is 2.65 bits per heavy atom. The summed E-state index contributed by atoms with van der Waals surface area (Å²) in [7, 11) is 1.24. The number of hydrogen-bond donors (Lipinski definition) is 2. The summed E-state index contributed by atoms with van der Waals surface area (Å²) >= 11 is 0. The number of amides is 1. The Hall–Kier alpha value is -4.38. The number of carboxylic acids is 1. The quantitative estimate of drug-likeness (QED) is 0.360. The number of aryl methyl sites for hydroxylation is 1. The minimum Gasteiger partial charge on any atom is -0.480 e. The first-order valence-corrected chi connectivity index (χ1v) is 9.25. The van der Waals surface area contributed by atoms with Gasteiger partial charge in [-0.05, 0) is 36.8 Å². The highest BCUT2D eigenvalue weighted by Gasteiger charge is 2.18. The van der Waals surface area contributed by atoms with Crippen LogP contribution in [0.3, 0.4) is 0 Å². The van der Waals surface area contributed by atoms with Crippen LogP contribution >= 0.6 is 0 Å². The molecule has 0 aliphatic rings. The van der Waals surface area contributed by atoms with Crippen molar-refractivity contribution in [2.24, 2.45) is 0 Å². The maximum absolute atomic E-state index is 12.8. The molecule has 0 saturated heterocycles. The van der Waals surface area contributed by atoms with E-state index in [4.69, 9.17) is 9.84 Å². The van der Waals surface area contributed by atoms with E-state index in [1.54, 1.807) is 49.5 Å². The zero-order valence-corrected chi connectivity index (χ0v) is 16.9. The molecule has 3 aromatic rings. The van der Waals surface area contributed by atoms with Crippen molar-refractivity contribution >= 4 is 40.5 Å². The van der Waals surface area contributed by atoms with Gasteiger partial charge in [0.15, 0.2) is 0 Å². The normalized spacial score (nSPS) is 11.1. The van der Waals surface area contributed by atoms with Gasteiger partial charge in [-0.2, -0.15) is 5.26 Å². The van der Waals surface area contributed by atoms with Crippen molar-refractivity contribution in [3.05, 3.63) is 70.9 Å². The third kappa shape index (κ3) is 4.62. The summed E-state index contributed by atoms with van der Waals surface area (Å²) in [5.41, 5.74) is 2.20. The highest BCUT2D eigenvalue weighted by molar-refractivity contribution is 6.12. The highest BCUT2D eigenvalue weighted by Crippen LogP contribution is 2.25. The summed E-state index contributed by atoms with van der Waals surface area (Å²) in [4.78, 5) is 35.9. The van der Waals surface area contributed by atoms with Gasteiger partial charge in [-0.1, -0.05) is 24.3 Å². The van der Waals surface area contributed by atoms with Gasteiger partial charge in [0.2, 0.25) is 0 Å². The Balaban J connectivity index is 2.00. The smallest absolute Gasteiger partial charge is 0.339 e. The van der Waals surface area contributed by atoms with Crippen LogP contribution in [0.15, 0.2) is 54.2 Å². The molecule has 2 aromatic carbocycles. The maximum atomic E-state index is 12.8. The number of nitriles is 1. The Labute approximate surface area is 178 Å². The number of fused-ring (bicyclic) bond motifs is 1. The van der Waals surface area contributed by atoms with E-state index < -0.39 is 17.8 Å². The minimum absolute atomic E-state index is 0.164. The fourth-order valence-corrected chi connectivity index (χ4v) is 3.21. The van der Waals surface area contributed by atoms with Crippen molar-refractivity contribution in [3.63, 3.8) is 0 Å². The van der Waals surface area contributed by atoms with Crippen LogP contribution in [0.25, 0.3) is 17.0 Å². The number of benzene rings is 2. The SMILES string of the molecule is COC(=O)c1ccc(C)cc1NC(=O)/C(C#N)=C/c1cn(CC(=O)O)c2ccccc12. The lowest BCUT2D eigenvalue weighted by molar-refractivity contribution is -0.137. The Bertz CT molecular complexity index is 1260. The molecule has 0 unspecified atom stereocenters. The molecular formula is C23H19N3O5. The summed E-state index contributed by atoms with van der Waals surface area (Å²) in [6, 6.07) is 13.8. The van der Waals surface area contributed by atoms with Crippen molar-refractivity contribution in [3.8, 4) is 6.07 Å². The summed E-state index contributed by atoms with van der Waals surface area (Å²) in [6.07, 6.45) is 2.97. The molecule has 156 valence electrons. The van der Waals surface area contributed by atoms with Crippen molar-refractivity contribution in [1.82, 2.24) is 4.57 Å². The molecule has 1 heterocycles. The number of para-hydroxylation sites is 1. The standard InChI is InChI=1S/C23H19N3O5/c1-14-7-8-18(23(30)31-2)19(9-14)25-22(29)15(11-24)10-16-12-26(13-21(27)28)20-6-4-3-5-17(16)20/h3-10,12H,13H2,1-2H3,(H,25,29)(H,27,28)/b15-10+. The van der Waals surface area contributed by atoms with Crippen molar-refractivity contribution in [1.29, 1.82) is 5.26 Å². The molecule has 8 heteroatoms. The fraction of sp³-hybridized carbons (Fsp3) is 0.130. The van der Waals surface area contributed by atoms with Crippen LogP contribution in [-0.2, 0) is 20.9 Å². The molecule has 0 spiro atoms. The lowest BCUT2D eigenvalue weighted by Crippen LogP contribution is -2.16. The molecule has 0 saturated carbocycles. The van der Waals surface area contributed by atoms with E-state index in [0.717, 1.165) is 5.56 Å². The second-order valence-electron chi connectivity index (χ2n) is 6.79. The number of carbonyl (C=O) groups is 3. The molecule has 0 atom stereocenters. The summed E-state index contributed by atoms with van der Waals surface area (Å²) in [5, 5.41) is 22.0. The predicted molar refractivity (Wildman–Crippen MR) is 114 cm³/mol. The van der Waals surface area contributed by atoms with Crippen molar-refractivity contribution in [2.75, 3.05) is 12.4 Å². The topological polar surface area (TPSA) is 121 Å². The van der Waals surface area contributed by atoms with Gasteiger partial charge in [0.25, 0.3) is 5.91 Å². The van der Waals surface area contributed by atoms with Gasteiger partial charge in [0.1, 0.15) is 18.2 Å². The maximum Gasteiger partial charge on any atom is 0.339 e. The number of aromatic nitrogens is 1. The van der Waals surface area contributed by atoms with Gasteiger partial charge < -0.3 is 19.7 Å². The van der Waals surface area contributed by atoms with E-state index >= 15 is 0 Å². The number of carbonyl (C=O) groups excluding carboxylic acids is 2. The zero-order valence-electron chi connectivity index (χ0n) is 16.9. The average molecular weight is 417 g/mol. The summed E-state index contributed by atoms with van der Waals surface area (Å²) in [5.74, 6) is -2.33. The van der Waals surface area contributed by atoms with Crippen LogP contribution in [0.4, 0.5) is 5.69 Å². The van der Waals surface area contributed by atoms with E-state index in [2.05, 4.69) is 5.32 Å². The van der Waals surface area contributed by atoms with Gasteiger partial charge in [-0.15, -0.1) is 0 Å². The number of nitrogens with one attached hydrogen (secondary N) is 1. The number of aliphatic carboxylic acids is 1. The first kappa shape index (κ1) is 21.3. The van der Waals surface area contributed by atoms with Crippen LogP contribution in [-0.4, -0.2) is 34.6 Å². The summed E-state index contributed by atoms with van der Waals surface area (Å²) < 4.78 is 6.28. The molecule has 2 N–H and O–H groups in total. The van der Waals surface area contributed by atoms with Gasteiger partial charge in [-0.3, -0.25) is 9.59 Å². The molecule has 31 heavy (non-hydrogen) atoms. The largest absolute Gasteiger partial charge is 0.480 e. The second kappa shape index (κ2) is 8.97. The molecule has 8 nitrogen and oxygen atoms in total. The molecule has 0 fully saturated rings. The van der Waals surface area contributed by atoms with Gasteiger partial charge >= 0.3 is 11.9 Å². The van der Waals surface area contributed by atoms with E-state index in [-0.39, 0.29) is 23.4 Å². The zero-order chi connectivity index (χ0) is 22.5. The fourth-order valence-electron chi connectivity index (χ4n) is 3.21.